The zero-order valence-electron chi connectivity index (χ0n) is 11.5. The van der Waals surface area contributed by atoms with Crippen molar-refractivity contribution in [1.29, 1.82) is 0 Å². The van der Waals surface area contributed by atoms with Gasteiger partial charge in [0.2, 0.25) is 5.91 Å². The molecule has 21 heavy (non-hydrogen) atoms. The third kappa shape index (κ3) is 4.41. The van der Waals surface area contributed by atoms with Gasteiger partial charge in [-0.15, -0.1) is 0 Å². The van der Waals surface area contributed by atoms with Crippen molar-refractivity contribution in [3.8, 4) is 0 Å². The van der Waals surface area contributed by atoms with Crippen LogP contribution in [0.2, 0.25) is 0 Å². The number of benzene rings is 1. The predicted molar refractivity (Wildman–Crippen MR) is 73.6 cm³/mol. The topological polar surface area (TPSA) is 113 Å². The van der Waals surface area contributed by atoms with Crippen molar-refractivity contribution < 1.29 is 18.9 Å². The lowest BCUT2D eigenvalue weighted by atomic mass is 10.1. The van der Waals surface area contributed by atoms with Gasteiger partial charge in [-0.2, -0.15) is 0 Å². The lowest BCUT2D eigenvalue weighted by molar-refractivity contribution is -0.385. The van der Waals surface area contributed by atoms with Crippen molar-refractivity contribution in [3.05, 3.63) is 33.6 Å². The molecular weight excluding hydrogens is 283 g/mol. The molecule has 0 fully saturated rings. The van der Waals surface area contributed by atoms with Crippen LogP contribution in [0, 0.1) is 15.9 Å². The molecule has 0 unspecified atom stereocenters. The van der Waals surface area contributed by atoms with E-state index in [4.69, 9.17) is 0 Å². The number of hydrogen-bond donors (Lipinski definition) is 3. The van der Waals surface area contributed by atoms with E-state index < -0.39 is 22.3 Å². The summed E-state index contributed by atoms with van der Waals surface area (Å²) in [7, 11) is 1.43. The second-order valence-electron chi connectivity index (χ2n) is 4.10. The van der Waals surface area contributed by atoms with Crippen molar-refractivity contribution in [3.63, 3.8) is 0 Å². The summed E-state index contributed by atoms with van der Waals surface area (Å²) in [6, 6.07) is 1.76. The smallest absolute Gasteiger partial charge is 0.285 e. The van der Waals surface area contributed by atoms with Crippen LogP contribution in [-0.4, -0.2) is 36.9 Å². The van der Waals surface area contributed by atoms with Crippen LogP contribution >= 0.6 is 0 Å². The maximum absolute atomic E-state index is 13.5. The third-order valence-electron chi connectivity index (χ3n) is 2.58. The Morgan fingerprint density at radius 3 is 2.43 bits per heavy atom. The first-order valence-electron chi connectivity index (χ1n) is 6.05. The zero-order chi connectivity index (χ0) is 16.0. The highest BCUT2D eigenvalue weighted by Crippen LogP contribution is 2.25. The summed E-state index contributed by atoms with van der Waals surface area (Å²) in [5.41, 5.74) is -0.898. The van der Waals surface area contributed by atoms with Crippen LogP contribution in [-0.2, 0) is 4.79 Å². The minimum absolute atomic E-state index is 0.0207. The van der Waals surface area contributed by atoms with Gasteiger partial charge in [0.15, 0.2) is 5.82 Å². The van der Waals surface area contributed by atoms with E-state index in [2.05, 4.69) is 16.0 Å². The molecule has 0 spiro atoms. The molecule has 0 saturated heterocycles. The number of anilines is 1. The predicted octanol–water partition coefficient (Wildman–Crippen LogP) is 0.641. The summed E-state index contributed by atoms with van der Waals surface area (Å²) in [6.07, 6.45) is 0. The van der Waals surface area contributed by atoms with Crippen LogP contribution in [0.15, 0.2) is 12.1 Å². The Morgan fingerprint density at radius 2 is 1.90 bits per heavy atom. The molecule has 0 heterocycles. The van der Waals surface area contributed by atoms with E-state index in [-0.39, 0.29) is 30.2 Å². The number of halogens is 1. The molecule has 0 radical (unpaired) electrons. The molecule has 9 heteroatoms. The van der Waals surface area contributed by atoms with Crippen LogP contribution in [0.3, 0.4) is 0 Å². The maximum Gasteiger partial charge on any atom is 0.285 e. The molecule has 0 aromatic heterocycles. The minimum atomic E-state index is -0.828. The first-order valence-corrected chi connectivity index (χ1v) is 6.05. The summed E-state index contributed by atoms with van der Waals surface area (Å²) in [4.78, 5) is 32.6. The van der Waals surface area contributed by atoms with Crippen molar-refractivity contribution in [2.45, 2.75) is 6.92 Å². The fraction of sp³-hybridized carbons (Fsp3) is 0.333. The molecule has 3 N–H and O–H groups in total. The number of nitrogens with zero attached hydrogens (tertiary/aromatic N) is 1. The maximum atomic E-state index is 13.5. The fourth-order valence-corrected chi connectivity index (χ4v) is 1.60. The van der Waals surface area contributed by atoms with E-state index in [1.807, 2.05) is 0 Å². The Morgan fingerprint density at radius 1 is 1.29 bits per heavy atom. The van der Waals surface area contributed by atoms with Crippen molar-refractivity contribution in [2.75, 3.05) is 25.5 Å². The summed E-state index contributed by atoms with van der Waals surface area (Å²) >= 11 is 0. The number of amides is 2. The van der Waals surface area contributed by atoms with Crippen LogP contribution in [0.1, 0.15) is 17.3 Å². The first-order chi connectivity index (χ1) is 9.86. The number of nitro groups is 1. The molecule has 1 aromatic carbocycles. The van der Waals surface area contributed by atoms with Gasteiger partial charge in [0.25, 0.3) is 11.6 Å². The number of nitro benzene ring substituents is 1. The highest BCUT2D eigenvalue weighted by Gasteiger charge is 2.23. The van der Waals surface area contributed by atoms with Gasteiger partial charge in [0.05, 0.1) is 16.7 Å². The largest absolute Gasteiger partial charge is 0.386 e. The Bertz CT molecular complexity index is 577. The standard InChI is InChI=1S/C12H15FN4O4/c1-7(18)15-3-4-16-12(19)8-5-10(14-2)9(13)6-11(8)17(20)21/h5-6,14H,3-4H2,1-2H3,(H,15,18)(H,16,19). The van der Waals surface area contributed by atoms with E-state index >= 15 is 0 Å². The van der Waals surface area contributed by atoms with Gasteiger partial charge in [-0.3, -0.25) is 19.7 Å². The van der Waals surface area contributed by atoms with Gasteiger partial charge in [0.1, 0.15) is 5.56 Å². The SMILES string of the molecule is CNc1cc(C(=O)NCCNC(C)=O)c([N+](=O)[O-])cc1F. The highest BCUT2D eigenvalue weighted by molar-refractivity contribution is 5.99. The molecule has 1 aromatic rings. The van der Waals surface area contributed by atoms with Crippen molar-refractivity contribution >= 4 is 23.2 Å². The number of carbonyl (C=O) groups is 2. The Balaban J connectivity index is 2.91. The van der Waals surface area contributed by atoms with E-state index in [0.717, 1.165) is 6.07 Å². The van der Waals surface area contributed by atoms with Gasteiger partial charge in [-0.1, -0.05) is 0 Å². The zero-order valence-corrected chi connectivity index (χ0v) is 11.5. The van der Waals surface area contributed by atoms with E-state index in [9.17, 15) is 24.1 Å². The molecule has 0 atom stereocenters. The summed E-state index contributed by atoms with van der Waals surface area (Å²) in [5, 5.41) is 18.3. The summed E-state index contributed by atoms with van der Waals surface area (Å²) in [5.74, 6) is -1.79. The molecule has 0 aliphatic rings. The molecule has 0 aliphatic carbocycles. The number of nitrogens with one attached hydrogen (secondary N) is 3. The quantitative estimate of drug-likeness (QED) is 0.405. The second kappa shape index (κ2) is 7.17. The van der Waals surface area contributed by atoms with Crippen molar-refractivity contribution in [2.24, 2.45) is 0 Å². The Kier molecular flexibility index (Phi) is 5.58. The summed E-state index contributed by atoms with van der Waals surface area (Å²) in [6.45, 7) is 1.61. The normalized spacial score (nSPS) is 9.86. The molecule has 0 bridgehead atoms. The van der Waals surface area contributed by atoms with Crippen LogP contribution in [0.5, 0.6) is 0 Å². The number of rotatable bonds is 6. The Labute approximate surface area is 119 Å². The van der Waals surface area contributed by atoms with Crippen LogP contribution < -0.4 is 16.0 Å². The lowest BCUT2D eigenvalue weighted by Gasteiger charge is -2.09. The fourth-order valence-electron chi connectivity index (χ4n) is 1.60. The molecule has 8 nitrogen and oxygen atoms in total. The summed E-state index contributed by atoms with van der Waals surface area (Å²) < 4.78 is 13.5. The van der Waals surface area contributed by atoms with Gasteiger partial charge in [-0.25, -0.2) is 4.39 Å². The third-order valence-corrected chi connectivity index (χ3v) is 2.58. The lowest BCUT2D eigenvalue weighted by Crippen LogP contribution is -2.34. The number of carbonyl (C=O) groups excluding carboxylic acids is 2. The van der Waals surface area contributed by atoms with Gasteiger partial charge in [0, 0.05) is 27.1 Å². The molecule has 114 valence electrons. The van der Waals surface area contributed by atoms with Crippen molar-refractivity contribution in [1.82, 2.24) is 10.6 Å². The first kappa shape index (κ1) is 16.3. The minimum Gasteiger partial charge on any atom is -0.386 e. The van der Waals surface area contributed by atoms with Gasteiger partial charge >= 0.3 is 0 Å². The Hall–Kier alpha value is -2.71. The molecular formula is C12H15FN4O4. The van der Waals surface area contributed by atoms with Gasteiger partial charge in [-0.05, 0) is 6.07 Å². The number of hydrogen-bond acceptors (Lipinski definition) is 5. The molecule has 0 aliphatic heterocycles. The molecule has 1 rings (SSSR count). The highest BCUT2D eigenvalue weighted by atomic mass is 19.1. The molecule has 2 amide bonds. The molecule has 0 saturated carbocycles. The van der Waals surface area contributed by atoms with Gasteiger partial charge < -0.3 is 16.0 Å². The van der Waals surface area contributed by atoms with E-state index in [0.29, 0.717) is 6.07 Å². The monoisotopic (exact) mass is 298 g/mol. The van der Waals surface area contributed by atoms with Crippen LogP contribution in [0.25, 0.3) is 0 Å². The van der Waals surface area contributed by atoms with Crippen LogP contribution in [0.4, 0.5) is 15.8 Å². The second-order valence-corrected chi connectivity index (χ2v) is 4.10. The van der Waals surface area contributed by atoms with E-state index in [1.54, 1.807) is 0 Å². The van der Waals surface area contributed by atoms with E-state index in [1.165, 1.54) is 14.0 Å². The average molecular weight is 298 g/mol. The average Bonchev–Trinajstić information content (AvgIpc) is 2.42.